The van der Waals surface area contributed by atoms with Crippen LogP contribution in [0.1, 0.15) is 12.5 Å². The molecule has 0 radical (unpaired) electrons. The van der Waals surface area contributed by atoms with E-state index in [9.17, 15) is 9.59 Å². The molecule has 0 saturated carbocycles. The van der Waals surface area contributed by atoms with Crippen molar-refractivity contribution < 1.29 is 14.3 Å². The van der Waals surface area contributed by atoms with Gasteiger partial charge in [-0.05, 0) is 31.5 Å². The third-order valence-electron chi connectivity index (χ3n) is 3.05. The molecular formula is C14H18N2O3. The van der Waals surface area contributed by atoms with Crippen LogP contribution in [-0.2, 0) is 14.3 Å². The predicted octanol–water partition coefficient (Wildman–Crippen LogP) is 0.863. The van der Waals surface area contributed by atoms with Gasteiger partial charge in [-0.3, -0.25) is 9.59 Å². The predicted molar refractivity (Wildman–Crippen MR) is 72.0 cm³/mol. The van der Waals surface area contributed by atoms with Crippen LogP contribution in [0.15, 0.2) is 24.3 Å². The number of nitrogens with one attached hydrogen (secondary N) is 1. The molecule has 2 amide bonds. The molecule has 5 heteroatoms. The van der Waals surface area contributed by atoms with E-state index in [4.69, 9.17) is 4.74 Å². The van der Waals surface area contributed by atoms with E-state index < -0.39 is 6.04 Å². The number of ether oxygens (including phenoxy) is 1. The number of rotatable bonds is 3. The van der Waals surface area contributed by atoms with Crippen LogP contribution in [0.5, 0.6) is 0 Å². The molecule has 2 rings (SSSR count). The van der Waals surface area contributed by atoms with Gasteiger partial charge in [0.1, 0.15) is 12.6 Å². The summed E-state index contributed by atoms with van der Waals surface area (Å²) in [5, 5.41) is 2.66. The molecule has 1 aliphatic rings. The number of morpholine rings is 1. The van der Waals surface area contributed by atoms with Gasteiger partial charge in [-0.15, -0.1) is 0 Å². The standard InChI is InChI=1S/C14H18N2O3/c1-3-16(11-6-4-5-10(2)7-11)14(18)12-8-19-9-13(17)15-12/h4-7,12H,3,8-9H2,1-2H3,(H,15,17). The number of nitrogens with zero attached hydrogens (tertiary/aromatic N) is 1. The van der Waals surface area contributed by atoms with Crippen molar-refractivity contribution >= 4 is 17.5 Å². The molecule has 0 spiro atoms. The number of anilines is 1. The molecule has 1 fully saturated rings. The first-order valence-electron chi connectivity index (χ1n) is 6.37. The van der Waals surface area contributed by atoms with Crippen molar-refractivity contribution in [2.75, 3.05) is 24.7 Å². The van der Waals surface area contributed by atoms with Crippen LogP contribution in [0, 0.1) is 6.92 Å². The SMILES string of the molecule is CCN(C(=O)C1COCC(=O)N1)c1cccc(C)c1. The Labute approximate surface area is 112 Å². The Morgan fingerprint density at radius 3 is 2.95 bits per heavy atom. The van der Waals surface area contributed by atoms with Gasteiger partial charge in [0.2, 0.25) is 5.91 Å². The molecule has 1 atom stereocenters. The molecule has 1 saturated heterocycles. The molecule has 1 N–H and O–H groups in total. The lowest BCUT2D eigenvalue weighted by molar-refractivity contribution is -0.137. The topological polar surface area (TPSA) is 58.6 Å². The van der Waals surface area contributed by atoms with E-state index in [0.717, 1.165) is 11.3 Å². The van der Waals surface area contributed by atoms with Gasteiger partial charge >= 0.3 is 0 Å². The van der Waals surface area contributed by atoms with Gasteiger partial charge in [0, 0.05) is 12.2 Å². The summed E-state index contributed by atoms with van der Waals surface area (Å²) >= 11 is 0. The average Bonchev–Trinajstić information content (AvgIpc) is 2.39. The van der Waals surface area contributed by atoms with E-state index in [1.54, 1.807) is 4.90 Å². The van der Waals surface area contributed by atoms with E-state index in [1.165, 1.54) is 0 Å². The molecular weight excluding hydrogens is 244 g/mol. The average molecular weight is 262 g/mol. The zero-order valence-electron chi connectivity index (χ0n) is 11.2. The largest absolute Gasteiger partial charge is 0.369 e. The second-order valence-corrected chi connectivity index (χ2v) is 4.56. The Hall–Kier alpha value is -1.88. The lowest BCUT2D eigenvalue weighted by Crippen LogP contribution is -2.55. The van der Waals surface area contributed by atoms with Crippen LogP contribution in [-0.4, -0.2) is 37.6 Å². The van der Waals surface area contributed by atoms with Crippen LogP contribution in [0.2, 0.25) is 0 Å². The molecule has 5 nitrogen and oxygen atoms in total. The van der Waals surface area contributed by atoms with Crippen molar-refractivity contribution in [2.24, 2.45) is 0 Å². The van der Waals surface area contributed by atoms with Gasteiger partial charge in [0.15, 0.2) is 0 Å². The minimum atomic E-state index is -0.596. The molecule has 102 valence electrons. The first kappa shape index (κ1) is 13.5. The number of hydrogen-bond donors (Lipinski definition) is 1. The summed E-state index contributed by atoms with van der Waals surface area (Å²) in [4.78, 5) is 25.3. The fraction of sp³-hybridized carbons (Fsp3) is 0.429. The maximum absolute atomic E-state index is 12.4. The summed E-state index contributed by atoms with van der Waals surface area (Å²) in [6.45, 7) is 4.70. The van der Waals surface area contributed by atoms with Gasteiger partial charge in [0.25, 0.3) is 5.91 Å². The number of carbonyl (C=O) groups excluding carboxylic acids is 2. The number of benzene rings is 1. The van der Waals surface area contributed by atoms with Gasteiger partial charge in [-0.2, -0.15) is 0 Å². The zero-order valence-corrected chi connectivity index (χ0v) is 11.2. The second-order valence-electron chi connectivity index (χ2n) is 4.56. The Bertz CT molecular complexity index is 487. The highest BCUT2D eigenvalue weighted by Crippen LogP contribution is 2.17. The van der Waals surface area contributed by atoms with Crippen molar-refractivity contribution in [3.05, 3.63) is 29.8 Å². The Morgan fingerprint density at radius 1 is 1.53 bits per heavy atom. The molecule has 1 aromatic rings. The third-order valence-corrected chi connectivity index (χ3v) is 3.05. The molecule has 0 bridgehead atoms. The zero-order chi connectivity index (χ0) is 13.8. The van der Waals surface area contributed by atoms with Crippen LogP contribution in [0.25, 0.3) is 0 Å². The van der Waals surface area contributed by atoms with Gasteiger partial charge in [-0.1, -0.05) is 12.1 Å². The van der Waals surface area contributed by atoms with Crippen LogP contribution in [0.3, 0.4) is 0 Å². The monoisotopic (exact) mass is 262 g/mol. The molecule has 1 unspecified atom stereocenters. The van der Waals surface area contributed by atoms with E-state index >= 15 is 0 Å². The summed E-state index contributed by atoms with van der Waals surface area (Å²) in [5.74, 6) is -0.383. The minimum absolute atomic E-state index is 0.0281. The number of amides is 2. The van der Waals surface area contributed by atoms with Gasteiger partial charge < -0.3 is 15.0 Å². The first-order chi connectivity index (χ1) is 9.11. The fourth-order valence-electron chi connectivity index (χ4n) is 2.13. The van der Waals surface area contributed by atoms with Gasteiger partial charge in [0.05, 0.1) is 6.61 Å². The first-order valence-corrected chi connectivity index (χ1v) is 6.37. The minimum Gasteiger partial charge on any atom is -0.369 e. The Kier molecular flexibility index (Phi) is 4.16. The summed E-state index contributed by atoms with van der Waals surface area (Å²) in [6, 6.07) is 7.14. The lowest BCUT2D eigenvalue weighted by atomic mass is 10.1. The molecule has 1 aliphatic heterocycles. The van der Waals surface area contributed by atoms with Crippen LogP contribution in [0.4, 0.5) is 5.69 Å². The third kappa shape index (κ3) is 3.12. The maximum atomic E-state index is 12.4. The van der Waals surface area contributed by atoms with Crippen LogP contribution >= 0.6 is 0 Å². The smallest absolute Gasteiger partial charge is 0.251 e. The molecule has 1 heterocycles. The Balaban J connectivity index is 2.17. The van der Waals surface area contributed by atoms with Crippen molar-refractivity contribution in [3.8, 4) is 0 Å². The van der Waals surface area contributed by atoms with E-state index in [1.807, 2.05) is 38.1 Å². The number of hydrogen-bond acceptors (Lipinski definition) is 3. The second kappa shape index (κ2) is 5.84. The molecule has 0 aliphatic carbocycles. The van der Waals surface area contributed by atoms with Crippen molar-refractivity contribution in [3.63, 3.8) is 0 Å². The summed E-state index contributed by atoms with van der Waals surface area (Å²) in [5.41, 5.74) is 1.93. The number of aryl methyl sites for hydroxylation is 1. The highest BCUT2D eigenvalue weighted by molar-refractivity contribution is 5.99. The fourth-order valence-corrected chi connectivity index (χ4v) is 2.13. The van der Waals surface area contributed by atoms with E-state index in [2.05, 4.69) is 5.32 Å². The highest BCUT2D eigenvalue weighted by Gasteiger charge is 2.29. The maximum Gasteiger partial charge on any atom is 0.251 e. The number of carbonyl (C=O) groups is 2. The Morgan fingerprint density at radius 2 is 2.32 bits per heavy atom. The van der Waals surface area contributed by atoms with Crippen molar-refractivity contribution in [1.82, 2.24) is 5.32 Å². The normalized spacial score (nSPS) is 18.8. The van der Waals surface area contributed by atoms with Crippen molar-refractivity contribution in [2.45, 2.75) is 19.9 Å². The molecule has 19 heavy (non-hydrogen) atoms. The molecule has 0 aromatic heterocycles. The summed E-state index contributed by atoms with van der Waals surface area (Å²) in [7, 11) is 0. The molecule has 1 aromatic carbocycles. The van der Waals surface area contributed by atoms with E-state index in [-0.39, 0.29) is 25.0 Å². The quantitative estimate of drug-likeness (QED) is 0.879. The summed E-state index contributed by atoms with van der Waals surface area (Å²) < 4.78 is 5.11. The lowest BCUT2D eigenvalue weighted by Gasteiger charge is -2.29. The highest BCUT2D eigenvalue weighted by atomic mass is 16.5. The van der Waals surface area contributed by atoms with Crippen LogP contribution < -0.4 is 10.2 Å². The van der Waals surface area contributed by atoms with Crippen molar-refractivity contribution in [1.29, 1.82) is 0 Å². The number of likely N-dealkylation sites (N-methyl/N-ethyl adjacent to an activating group) is 1. The van der Waals surface area contributed by atoms with E-state index in [0.29, 0.717) is 6.54 Å². The van der Waals surface area contributed by atoms with Gasteiger partial charge in [-0.25, -0.2) is 0 Å². The summed E-state index contributed by atoms with van der Waals surface area (Å²) in [6.07, 6.45) is 0.